The van der Waals surface area contributed by atoms with Crippen molar-refractivity contribution < 1.29 is 0 Å². The molecule has 4 nitrogen and oxygen atoms in total. The molecule has 138 valence electrons. The number of aryl methyl sites for hydroxylation is 1. The first-order valence-electron chi connectivity index (χ1n) is 9.81. The Morgan fingerprint density at radius 3 is 2.70 bits per heavy atom. The van der Waals surface area contributed by atoms with Gasteiger partial charge in [-0.25, -0.2) is 9.50 Å². The van der Waals surface area contributed by atoms with Crippen LogP contribution in [0.4, 0.5) is 5.82 Å². The molecule has 4 aromatic rings. The van der Waals surface area contributed by atoms with Crippen LogP contribution in [-0.4, -0.2) is 20.6 Å². The second kappa shape index (κ2) is 6.64. The number of hydrogen-bond acceptors (Lipinski definition) is 4. The van der Waals surface area contributed by atoms with E-state index in [2.05, 4.69) is 49.5 Å². The molecule has 1 N–H and O–H groups in total. The van der Waals surface area contributed by atoms with Crippen LogP contribution < -0.4 is 5.32 Å². The molecule has 5 heteroatoms. The zero-order valence-electron chi connectivity index (χ0n) is 15.8. The van der Waals surface area contributed by atoms with Crippen molar-refractivity contribution in [2.45, 2.75) is 52.0 Å². The fourth-order valence-electron chi connectivity index (χ4n) is 4.08. The molecule has 1 aromatic carbocycles. The van der Waals surface area contributed by atoms with Gasteiger partial charge in [0.15, 0.2) is 11.5 Å². The second-order valence-electron chi connectivity index (χ2n) is 7.61. The summed E-state index contributed by atoms with van der Waals surface area (Å²) in [6.45, 7) is 4.31. The van der Waals surface area contributed by atoms with Crippen molar-refractivity contribution in [2.75, 3.05) is 5.32 Å². The Kier molecular flexibility index (Phi) is 4.12. The van der Waals surface area contributed by atoms with Crippen molar-refractivity contribution in [3.63, 3.8) is 0 Å². The van der Waals surface area contributed by atoms with Gasteiger partial charge in [0.2, 0.25) is 0 Å². The fourth-order valence-corrected chi connectivity index (χ4v) is 5.13. The third kappa shape index (κ3) is 2.90. The minimum atomic E-state index is 0.540. The van der Waals surface area contributed by atoms with E-state index in [4.69, 9.17) is 10.1 Å². The van der Waals surface area contributed by atoms with Crippen LogP contribution in [0.5, 0.6) is 0 Å². The van der Waals surface area contributed by atoms with Crippen LogP contribution in [0.3, 0.4) is 0 Å². The third-order valence-corrected chi connectivity index (χ3v) is 6.95. The Hall–Kier alpha value is -2.40. The highest BCUT2D eigenvalue weighted by molar-refractivity contribution is 7.22. The smallest absolute Gasteiger partial charge is 0.157 e. The highest BCUT2D eigenvalue weighted by atomic mass is 32.1. The van der Waals surface area contributed by atoms with Gasteiger partial charge in [-0.05, 0) is 49.8 Å². The molecule has 3 heterocycles. The van der Waals surface area contributed by atoms with E-state index in [1.165, 1.54) is 58.2 Å². The summed E-state index contributed by atoms with van der Waals surface area (Å²) in [6.07, 6.45) is 8.44. The van der Waals surface area contributed by atoms with Crippen LogP contribution in [0.25, 0.3) is 26.3 Å². The maximum Gasteiger partial charge on any atom is 0.157 e. The number of fused-ring (bicyclic) bond motifs is 2. The van der Waals surface area contributed by atoms with E-state index < -0.39 is 0 Å². The van der Waals surface area contributed by atoms with E-state index in [1.807, 2.05) is 10.7 Å². The highest BCUT2D eigenvalue weighted by Crippen LogP contribution is 2.34. The molecule has 5 rings (SSSR count). The zero-order chi connectivity index (χ0) is 18.4. The van der Waals surface area contributed by atoms with Crippen LogP contribution in [0.2, 0.25) is 0 Å². The lowest BCUT2D eigenvalue weighted by atomic mass is 9.95. The first kappa shape index (κ1) is 16.8. The molecule has 1 aliphatic carbocycles. The van der Waals surface area contributed by atoms with Gasteiger partial charge < -0.3 is 5.32 Å². The summed E-state index contributed by atoms with van der Waals surface area (Å²) in [5.74, 6) is 1.01. The Bertz CT molecular complexity index is 1090. The van der Waals surface area contributed by atoms with Gasteiger partial charge in [0.05, 0.1) is 11.1 Å². The molecule has 0 saturated heterocycles. The molecule has 0 aliphatic heterocycles. The minimum Gasteiger partial charge on any atom is -0.366 e. The van der Waals surface area contributed by atoms with Crippen LogP contribution in [0.15, 0.2) is 36.5 Å². The second-order valence-corrected chi connectivity index (χ2v) is 8.69. The number of nitrogens with one attached hydrogen (secondary N) is 1. The van der Waals surface area contributed by atoms with Crippen molar-refractivity contribution in [1.29, 1.82) is 0 Å². The molecule has 1 fully saturated rings. The van der Waals surface area contributed by atoms with Gasteiger partial charge in [-0.3, -0.25) is 0 Å². The first-order valence-corrected chi connectivity index (χ1v) is 10.6. The predicted molar refractivity (Wildman–Crippen MR) is 114 cm³/mol. The molecule has 1 aliphatic rings. The molecule has 3 aromatic heterocycles. The number of rotatable bonds is 3. The summed E-state index contributed by atoms with van der Waals surface area (Å²) in [5.41, 5.74) is 4.44. The molecule has 27 heavy (non-hydrogen) atoms. The number of benzene rings is 1. The summed E-state index contributed by atoms with van der Waals surface area (Å²) >= 11 is 1.80. The van der Waals surface area contributed by atoms with Crippen molar-refractivity contribution in [3.05, 3.63) is 47.7 Å². The summed E-state index contributed by atoms with van der Waals surface area (Å²) in [4.78, 5) is 5.90. The van der Waals surface area contributed by atoms with Crippen LogP contribution >= 0.6 is 11.3 Å². The number of thiophene rings is 1. The maximum atomic E-state index is 4.99. The fraction of sp³-hybridized carbons (Fsp3) is 0.364. The molecule has 0 unspecified atom stereocenters. The number of aromatic nitrogens is 3. The molecule has 0 spiro atoms. The van der Waals surface area contributed by atoms with Crippen LogP contribution in [0, 0.1) is 13.8 Å². The van der Waals surface area contributed by atoms with Gasteiger partial charge in [0.25, 0.3) is 0 Å². The lowest BCUT2D eigenvalue weighted by Crippen LogP contribution is -2.24. The lowest BCUT2D eigenvalue weighted by Gasteiger charge is -2.24. The lowest BCUT2D eigenvalue weighted by molar-refractivity contribution is 0.461. The summed E-state index contributed by atoms with van der Waals surface area (Å²) in [6, 6.07) is 11.3. The Morgan fingerprint density at radius 2 is 1.89 bits per heavy atom. The van der Waals surface area contributed by atoms with Gasteiger partial charge >= 0.3 is 0 Å². The molecule has 0 amide bonds. The van der Waals surface area contributed by atoms with Gasteiger partial charge in [-0.15, -0.1) is 16.4 Å². The van der Waals surface area contributed by atoms with Crippen molar-refractivity contribution in [2.24, 2.45) is 0 Å². The number of nitrogens with zero attached hydrogens (tertiary/aromatic N) is 3. The summed E-state index contributed by atoms with van der Waals surface area (Å²) in [7, 11) is 0. The average molecular weight is 377 g/mol. The topological polar surface area (TPSA) is 42.2 Å². The summed E-state index contributed by atoms with van der Waals surface area (Å²) in [5, 5.41) is 9.98. The number of anilines is 1. The quantitative estimate of drug-likeness (QED) is 0.479. The third-order valence-electron chi connectivity index (χ3n) is 5.82. The maximum absolute atomic E-state index is 4.99. The van der Waals surface area contributed by atoms with E-state index in [9.17, 15) is 0 Å². The van der Waals surface area contributed by atoms with E-state index in [0.29, 0.717) is 6.04 Å². The van der Waals surface area contributed by atoms with Gasteiger partial charge in [0.1, 0.15) is 5.69 Å². The Balaban J connectivity index is 1.61. The Labute approximate surface area is 163 Å². The molecule has 0 bridgehead atoms. The van der Waals surface area contributed by atoms with E-state index in [1.54, 1.807) is 11.3 Å². The van der Waals surface area contributed by atoms with Crippen molar-refractivity contribution >= 4 is 32.9 Å². The van der Waals surface area contributed by atoms with Crippen LogP contribution in [-0.2, 0) is 0 Å². The normalized spacial score (nSPS) is 15.6. The minimum absolute atomic E-state index is 0.540. The number of imidazole rings is 1. The Morgan fingerprint density at radius 1 is 1.07 bits per heavy atom. The molecule has 1 saturated carbocycles. The van der Waals surface area contributed by atoms with Gasteiger partial charge in [-0.1, -0.05) is 37.5 Å². The van der Waals surface area contributed by atoms with E-state index >= 15 is 0 Å². The van der Waals surface area contributed by atoms with Crippen LogP contribution in [0.1, 0.15) is 43.2 Å². The first-order chi connectivity index (χ1) is 13.2. The van der Waals surface area contributed by atoms with Crippen molar-refractivity contribution in [1.82, 2.24) is 14.6 Å². The zero-order valence-corrected chi connectivity index (χ0v) is 16.6. The standard InChI is InChI=1S/C22H24N4S/c1-14-15(2)22-23-13-18(20-12-16-8-6-7-11-19(16)27-20)26(22)25-21(14)24-17-9-4-3-5-10-17/h6-8,11-13,17H,3-5,9-10H2,1-2H3,(H,24,25). The van der Waals surface area contributed by atoms with Gasteiger partial charge in [-0.2, -0.15) is 0 Å². The summed E-state index contributed by atoms with van der Waals surface area (Å²) < 4.78 is 3.32. The molecule has 0 radical (unpaired) electrons. The SMILES string of the molecule is Cc1c(NC2CCCCC2)nn2c(-c3cc4ccccc4s3)cnc2c1C. The van der Waals surface area contributed by atoms with Crippen molar-refractivity contribution in [3.8, 4) is 10.6 Å². The van der Waals surface area contributed by atoms with E-state index in [-0.39, 0.29) is 0 Å². The molecular formula is C22H24N4S. The largest absolute Gasteiger partial charge is 0.366 e. The average Bonchev–Trinajstić information content (AvgIpc) is 3.30. The molecular weight excluding hydrogens is 352 g/mol. The monoisotopic (exact) mass is 376 g/mol. The number of hydrogen-bond donors (Lipinski definition) is 1. The molecule has 0 atom stereocenters. The predicted octanol–water partition coefficient (Wildman–Crippen LogP) is 5.97. The van der Waals surface area contributed by atoms with E-state index in [0.717, 1.165) is 17.2 Å². The van der Waals surface area contributed by atoms with Gasteiger partial charge in [0, 0.05) is 16.3 Å². The highest BCUT2D eigenvalue weighted by Gasteiger charge is 2.19.